The van der Waals surface area contributed by atoms with E-state index in [1.807, 2.05) is 45.9 Å². The highest BCUT2D eigenvalue weighted by atomic mass is 35.5. The van der Waals surface area contributed by atoms with Crippen molar-refractivity contribution in [2.75, 3.05) is 38.2 Å². The number of pyridine rings is 1. The summed E-state index contributed by atoms with van der Waals surface area (Å²) in [7, 11) is 0. The van der Waals surface area contributed by atoms with Crippen molar-refractivity contribution in [1.82, 2.24) is 20.5 Å². The Bertz CT molecular complexity index is 1330. The molecule has 2 aliphatic heterocycles. The van der Waals surface area contributed by atoms with Gasteiger partial charge in [0.05, 0.1) is 24.9 Å². The second-order valence-corrected chi connectivity index (χ2v) is 11.6. The number of nitrogens with zero attached hydrogens (tertiary/aromatic N) is 2. The zero-order valence-corrected chi connectivity index (χ0v) is 25.3. The van der Waals surface area contributed by atoms with Crippen molar-refractivity contribution in [2.45, 2.75) is 52.4 Å². The topological polar surface area (TPSA) is 114 Å². The summed E-state index contributed by atoms with van der Waals surface area (Å²) in [5.74, 6) is 0.335. The maximum Gasteiger partial charge on any atom is 0.410 e. The minimum absolute atomic E-state index is 0.237. The number of ether oxygens (including phenoxy) is 3. The number of hydrogen-bond donors (Lipinski definition) is 3. The Balaban J connectivity index is 1.41. The molecule has 1 atom stereocenters. The quantitative estimate of drug-likeness (QED) is 0.380. The number of carbonyl (C=O) groups excluding carboxylic acids is 2. The average Bonchev–Trinajstić information content (AvgIpc) is 2.93. The molecule has 2 aliphatic rings. The van der Waals surface area contributed by atoms with E-state index in [1.165, 1.54) is 0 Å². The fourth-order valence-electron chi connectivity index (χ4n) is 4.38. The van der Waals surface area contributed by atoms with Crippen LogP contribution in [0.3, 0.4) is 0 Å². The highest BCUT2D eigenvalue weighted by Gasteiger charge is 2.29. The Labute approximate surface area is 250 Å². The Morgan fingerprint density at radius 1 is 1.32 bits per heavy atom. The van der Waals surface area contributed by atoms with E-state index in [0.29, 0.717) is 60.5 Å². The first-order chi connectivity index (χ1) is 19.5. The lowest BCUT2D eigenvalue weighted by molar-refractivity contribution is -0.117. The molecule has 1 aromatic carbocycles. The molecule has 3 heterocycles. The van der Waals surface area contributed by atoms with Crippen LogP contribution in [0.4, 0.5) is 10.5 Å². The van der Waals surface area contributed by atoms with E-state index >= 15 is 0 Å². The van der Waals surface area contributed by atoms with Gasteiger partial charge in [0.25, 0.3) is 5.91 Å². The summed E-state index contributed by atoms with van der Waals surface area (Å²) in [5.41, 5.74) is 2.99. The summed E-state index contributed by atoms with van der Waals surface area (Å²) < 4.78 is 17.4. The van der Waals surface area contributed by atoms with Crippen molar-refractivity contribution in [1.29, 1.82) is 0 Å². The third-order valence-corrected chi connectivity index (χ3v) is 7.23. The lowest BCUT2D eigenvalue weighted by atomic mass is 10.1. The van der Waals surface area contributed by atoms with Crippen molar-refractivity contribution in [3.05, 3.63) is 64.1 Å². The first-order valence-electron chi connectivity index (χ1n) is 13.5. The predicted octanol–water partition coefficient (Wildman–Crippen LogP) is 4.36. The second-order valence-electron chi connectivity index (χ2n) is 10.8. The van der Waals surface area contributed by atoms with E-state index in [4.69, 9.17) is 38.0 Å². The number of amides is 2. The van der Waals surface area contributed by atoms with Crippen LogP contribution in [0.25, 0.3) is 0 Å². The number of aromatic nitrogens is 1. The van der Waals surface area contributed by atoms with Gasteiger partial charge in [0.1, 0.15) is 29.0 Å². The van der Waals surface area contributed by atoms with Gasteiger partial charge in [0.2, 0.25) is 0 Å². The zero-order chi connectivity index (χ0) is 29.6. The van der Waals surface area contributed by atoms with Gasteiger partial charge in [0, 0.05) is 54.2 Å². The second kappa shape index (κ2) is 13.5. The van der Waals surface area contributed by atoms with Crippen LogP contribution in [0.5, 0.6) is 5.75 Å². The molecule has 1 fully saturated rings. The fraction of sp³-hybridized carbons (Fsp3) is 0.448. The SMILES string of the molecule is Cc1c(Cl)cccc1NC(=S)C1=C(NCc2ccncc2OC[C@@H]2CN(C(=O)OC(C)(C)C)CCO2)CCNC1=O. The molecule has 0 aliphatic carbocycles. The number of halogens is 1. The molecule has 12 heteroatoms. The van der Waals surface area contributed by atoms with Crippen molar-refractivity contribution in [3.63, 3.8) is 0 Å². The van der Waals surface area contributed by atoms with Gasteiger partial charge in [-0.05, 0) is 51.5 Å². The summed E-state index contributed by atoms with van der Waals surface area (Å²) in [6.07, 6.45) is 3.24. The van der Waals surface area contributed by atoms with Crippen molar-refractivity contribution >= 4 is 46.5 Å². The minimum atomic E-state index is -0.568. The van der Waals surface area contributed by atoms with E-state index < -0.39 is 5.60 Å². The monoisotopic (exact) mass is 601 g/mol. The van der Waals surface area contributed by atoms with Gasteiger partial charge >= 0.3 is 6.09 Å². The minimum Gasteiger partial charge on any atom is -0.489 e. The summed E-state index contributed by atoms with van der Waals surface area (Å²) in [4.78, 5) is 31.5. The number of rotatable bonds is 8. The molecule has 0 bridgehead atoms. The van der Waals surface area contributed by atoms with Crippen LogP contribution in [0, 0.1) is 6.92 Å². The number of nitrogens with one attached hydrogen (secondary N) is 3. The Morgan fingerprint density at radius 3 is 2.90 bits per heavy atom. The van der Waals surface area contributed by atoms with Gasteiger partial charge < -0.3 is 35.1 Å². The first-order valence-corrected chi connectivity index (χ1v) is 14.3. The van der Waals surface area contributed by atoms with Crippen LogP contribution in [0.15, 0.2) is 47.9 Å². The molecular formula is C29H36ClN5O5S. The number of morpholine rings is 1. The maximum absolute atomic E-state index is 12.8. The van der Waals surface area contributed by atoms with Crippen LogP contribution >= 0.6 is 23.8 Å². The van der Waals surface area contributed by atoms with Crippen molar-refractivity contribution in [2.24, 2.45) is 0 Å². The summed E-state index contributed by atoms with van der Waals surface area (Å²) >= 11 is 11.9. The van der Waals surface area contributed by atoms with Crippen LogP contribution in [0.1, 0.15) is 38.3 Å². The van der Waals surface area contributed by atoms with Gasteiger partial charge in [-0.3, -0.25) is 9.78 Å². The molecular weight excluding hydrogens is 566 g/mol. The van der Waals surface area contributed by atoms with Gasteiger partial charge in [-0.25, -0.2) is 4.79 Å². The van der Waals surface area contributed by atoms with Gasteiger partial charge in [-0.15, -0.1) is 0 Å². The number of carbonyl (C=O) groups is 2. The van der Waals surface area contributed by atoms with Crippen LogP contribution in [-0.4, -0.2) is 71.4 Å². The Hall–Kier alpha value is -3.41. The molecule has 41 heavy (non-hydrogen) atoms. The van der Waals surface area contributed by atoms with Crippen molar-refractivity contribution in [3.8, 4) is 5.75 Å². The van der Waals surface area contributed by atoms with Crippen LogP contribution < -0.4 is 20.7 Å². The summed E-state index contributed by atoms with van der Waals surface area (Å²) in [6, 6.07) is 7.35. The highest BCUT2D eigenvalue weighted by Crippen LogP contribution is 2.25. The molecule has 4 rings (SSSR count). The summed E-state index contributed by atoms with van der Waals surface area (Å²) in [6.45, 7) is 9.76. The lowest BCUT2D eigenvalue weighted by Crippen LogP contribution is -2.49. The first kappa shape index (κ1) is 30.5. The molecule has 2 aromatic rings. The molecule has 1 saturated heterocycles. The third kappa shape index (κ3) is 8.31. The molecule has 10 nitrogen and oxygen atoms in total. The molecule has 220 valence electrons. The van der Waals surface area contributed by atoms with Gasteiger partial charge in [-0.1, -0.05) is 29.9 Å². The van der Waals surface area contributed by atoms with E-state index in [2.05, 4.69) is 20.9 Å². The van der Waals surface area contributed by atoms with Gasteiger partial charge in [0.15, 0.2) is 0 Å². The van der Waals surface area contributed by atoms with Crippen LogP contribution in [-0.2, 0) is 20.8 Å². The molecule has 3 N–H and O–H groups in total. The Kier molecular flexibility index (Phi) is 10.1. The number of hydrogen-bond acceptors (Lipinski definition) is 8. The molecule has 0 unspecified atom stereocenters. The van der Waals surface area contributed by atoms with E-state index in [0.717, 1.165) is 22.5 Å². The number of benzene rings is 1. The van der Waals surface area contributed by atoms with Crippen LogP contribution in [0.2, 0.25) is 5.02 Å². The molecule has 0 spiro atoms. The van der Waals surface area contributed by atoms with Crippen molar-refractivity contribution < 1.29 is 23.8 Å². The van der Waals surface area contributed by atoms with E-state index in [-0.39, 0.29) is 24.7 Å². The largest absolute Gasteiger partial charge is 0.489 e. The predicted molar refractivity (Wildman–Crippen MR) is 161 cm³/mol. The summed E-state index contributed by atoms with van der Waals surface area (Å²) in [5, 5.41) is 10.0. The van der Waals surface area contributed by atoms with E-state index in [1.54, 1.807) is 23.4 Å². The number of anilines is 1. The van der Waals surface area contributed by atoms with Gasteiger partial charge in [-0.2, -0.15) is 0 Å². The standard InChI is InChI=1S/C29H36ClN5O5S/c1-18-21(30)6-5-7-22(18)34-27(41)25-23(9-11-32-26(25)36)33-14-19-8-10-31-15-24(19)39-17-20-16-35(12-13-38-20)28(37)40-29(2,3)4/h5-8,10,15,20,33H,9,11-14,16-17H2,1-4H3,(H,32,36)(H,34,41)/t20-/m0/s1. The molecule has 1 aromatic heterocycles. The Morgan fingerprint density at radius 2 is 2.12 bits per heavy atom. The number of thiocarbonyl (C=S) groups is 1. The average molecular weight is 602 g/mol. The molecule has 0 radical (unpaired) electrons. The molecule has 2 amide bonds. The van der Waals surface area contributed by atoms with E-state index in [9.17, 15) is 9.59 Å². The lowest BCUT2D eigenvalue weighted by Gasteiger charge is -2.34. The molecule has 0 saturated carbocycles. The highest BCUT2D eigenvalue weighted by molar-refractivity contribution is 7.81. The maximum atomic E-state index is 12.8. The fourth-order valence-corrected chi connectivity index (χ4v) is 4.88. The third-order valence-electron chi connectivity index (χ3n) is 6.51. The zero-order valence-electron chi connectivity index (χ0n) is 23.7. The normalized spacial score (nSPS) is 17.5. The smallest absolute Gasteiger partial charge is 0.410 e.